The summed E-state index contributed by atoms with van der Waals surface area (Å²) in [4.78, 5) is 19.5. The van der Waals surface area contributed by atoms with Crippen LogP contribution in [-0.2, 0) is 6.54 Å². The first-order valence-corrected chi connectivity index (χ1v) is 11.2. The van der Waals surface area contributed by atoms with Crippen molar-refractivity contribution in [3.05, 3.63) is 39.7 Å². The number of nitrogens with zero attached hydrogens (tertiary/aromatic N) is 1. The SMILES string of the molecule is CCCCOc1ccc2[nH]c(C)c(CN3C[C@]4(C)C[C@@H]3CC(C)(C)C4)c(=O)c2c1. The highest BCUT2D eigenvalue weighted by Crippen LogP contribution is 2.52. The molecule has 2 bridgehead atoms. The lowest BCUT2D eigenvalue weighted by atomic mass is 9.65. The molecule has 2 heterocycles. The normalized spacial score (nSPS) is 26.2. The van der Waals surface area contributed by atoms with Gasteiger partial charge in [0.15, 0.2) is 5.43 Å². The highest BCUT2D eigenvalue weighted by atomic mass is 16.5. The van der Waals surface area contributed by atoms with Crippen LogP contribution in [0.4, 0.5) is 0 Å². The molecule has 158 valence electrons. The van der Waals surface area contributed by atoms with Gasteiger partial charge in [-0.05, 0) is 61.6 Å². The predicted octanol–water partition coefficient (Wildman–Crippen LogP) is 5.42. The summed E-state index contributed by atoms with van der Waals surface area (Å²) in [5.41, 5.74) is 3.73. The Morgan fingerprint density at radius 3 is 2.79 bits per heavy atom. The first-order valence-electron chi connectivity index (χ1n) is 11.2. The molecular formula is C25H36N2O2. The monoisotopic (exact) mass is 396 g/mol. The van der Waals surface area contributed by atoms with Gasteiger partial charge in [-0.2, -0.15) is 0 Å². The summed E-state index contributed by atoms with van der Waals surface area (Å²) in [6, 6.07) is 6.43. The van der Waals surface area contributed by atoms with Crippen molar-refractivity contribution in [2.75, 3.05) is 13.2 Å². The van der Waals surface area contributed by atoms with Gasteiger partial charge in [0, 0.05) is 41.3 Å². The molecule has 0 radical (unpaired) electrons. The number of H-pyrrole nitrogens is 1. The summed E-state index contributed by atoms with van der Waals surface area (Å²) < 4.78 is 5.84. The van der Waals surface area contributed by atoms with Crippen LogP contribution in [0, 0.1) is 17.8 Å². The van der Waals surface area contributed by atoms with Gasteiger partial charge in [-0.3, -0.25) is 9.69 Å². The molecule has 0 spiro atoms. The Hall–Kier alpha value is -1.81. The summed E-state index contributed by atoms with van der Waals surface area (Å²) in [5, 5.41) is 0.744. The molecule has 1 saturated carbocycles. The van der Waals surface area contributed by atoms with E-state index in [1.165, 1.54) is 19.3 Å². The van der Waals surface area contributed by atoms with Gasteiger partial charge < -0.3 is 9.72 Å². The summed E-state index contributed by atoms with van der Waals surface area (Å²) >= 11 is 0. The van der Waals surface area contributed by atoms with Gasteiger partial charge in [0.2, 0.25) is 0 Å². The Bertz CT molecular complexity index is 961. The Morgan fingerprint density at radius 1 is 1.24 bits per heavy atom. The molecule has 0 amide bonds. The molecule has 1 aromatic heterocycles. The summed E-state index contributed by atoms with van der Waals surface area (Å²) in [6.07, 6.45) is 5.89. The van der Waals surface area contributed by atoms with Crippen molar-refractivity contribution >= 4 is 10.9 Å². The van der Waals surface area contributed by atoms with E-state index in [0.717, 1.165) is 53.8 Å². The predicted molar refractivity (Wildman–Crippen MR) is 120 cm³/mol. The van der Waals surface area contributed by atoms with Crippen LogP contribution in [0.1, 0.15) is 71.1 Å². The summed E-state index contributed by atoms with van der Waals surface area (Å²) in [6.45, 7) is 13.9. The number of nitrogens with one attached hydrogen (secondary N) is 1. The maximum absolute atomic E-state index is 13.4. The molecule has 1 aliphatic carbocycles. The second kappa shape index (κ2) is 7.46. The molecule has 4 nitrogen and oxygen atoms in total. The number of pyridine rings is 1. The molecule has 1 aromatic carbocycles. The zero-order valence-corrected chi connectivity index (χ0v) is 18.7. The quantitative estimate of drug-likeness (QED) is 0.664. The van der Waals surface area contributed by atoms with E-state index < -0.39 is 0 Å². The van der Waals surface area contributed by atoms with Gasteiger partial charge >= 0.3 is 0 Å². The highest BCUT2D eigenvalue weighted by Gasteiger charge is 2.49. The average Bonchev–Trinajstić information content (AvgIpc) is 2.87. The molecule has 4 heteroatoms. The standard InChI is InChI=1S/C25H36N2O2/c1-6-7-10-29-19-8-9-22-20(11-19)23(28)21(17(2)26-22)14-27-16-25(5)13-18(27)12-24(3,4)15-25/h8-9,11,18H,6-7,10,12-16H2,1-5H3,(H,26,28)/t18-,25+/m0/s1. The average molecular weight is 397 g/mol. The van der Waals surface area contributed by atoms with Gasteiger partial charge in [0.1, 0.15) is 5.75 Å². The highest BCUT2D eigenvalue weighted by molar-refractivity contribution is 5.81. The molecule has 4 rings (SSSR count). The largest absolute Gasteiger partial charge is 0.494 e. The van der Waals surface area contributed by atoms with E-state index in [0.29, 0.717) is 23.5 Å². The lowest BCUT2D eigenvalue weighted by Crippen LogP contribution is -2.35. The summed E-state index contributed by atoms with van der Waals surface area (Å²) in [7, 11) is 0. The lowest BCUT2D eigenvalue weighted by molar-refractivity contribution is 0.126. The number of likely N-dealkylation sites (tertiary alicyclic amines) is 1. The van der Waals surface area contributed by atoms with Crippen LogP contribution in [0.25, 0.3) is 10.9 Å². The maximum atomic E-state index is 13.4. The minimum absolute atomic E-state index is 0.156. The van der Waals surface area contributed by atoms with E-state index in [9.17, 15) is 4.79 Å². The molecule has 2 aliphatic rings. The molecule has 29 heavy (non-hydrogen) atoms. The van der Waals surface area contributed by atoms with Crippen LogP contribution in [0.2, 0.25) is 0 Å². The molecule has 1 N–H and O–H groups in total. The summed E-state index contributed by atoms with van der Waals surface area (Å²) in [5.74, 6) is 0.789. The van der Waals surface area contributed by atoms with Crippen molar-refractivity contribution in [3.63, 3.8) is 0 Å². The minimum atomic E-state index is 0.156. The Balaban J connectivity index is 1.63. The third-order valence-electron chi connectivity index (χ3n) is 6.94. The first kappa shape index (κ1) is 20.5. The number of unbranched alkanes of at least 4 members (excludes halogenated alkanes) is 1. The molecule has 2 atom stereocenters. The number of aryl methyl sites for hydroxylation is 1. The first-order chi connectivity index (χ1) is 13.7. The van der Waals surface area contributed by atoms with E-state index in [1.54, 1.807) is 0 Å². The van der Waals surface area contributed by atoms with Crippen molar-refractivity contribution in [2.24, 2.45) is 10.8 Å². The van der Waals surface area contributed by atoms with E-state index in [4.69, 9.17) is 4.74 Å². The number of fused-ring (bicyclic) bond motifs is 3. The fourth-order valence-corrected chi connectivity index (χ4v) is 6.01. The molecular weight excluding hydrogens is 360 g/mol. The second-order valence-corrected chi connectivity index (χ2v) is 10.6. The number of aromatic amines is 1. The van der Waals surface area contributed by atoms with Gasteiger partial charge in [-0.1, -0.05) is 34.1 Å². The molecule has 2 aromatic rings. The zero-order valence-electron chi connectivity index (χ0n) is 18.7. The van der Waals surface area contributed by atoms with Crippen LogP contribution >= 0.6 is 0 Å². The molecule has 0 unspecified atom stereocenters. The Kier molecular flexibility index (Phi) is 5.27. The number of ether oxygens (including phenoxy) is 1. The fourth-order valence-electron chi connectivity index (χ4n) is 6.01. The minimum Gasteiger partial charge on any atom is -0.494 e. The number of rotatable bonds is 6. The smallest absolute Gasteiger partial charge is 0.194 e. The number of benzene rings is 1. The van der Waals surface area contributed by atoms with Gasteiger partial charge in [0.05, 0.1) is 6.61 Å². The number of hydrogen-bond donors (Lipinski definition) is 1. The van der Waals surface area contributed by atoms with E-state index in [2.05, 4.69) is 37.6 Å². The van der Waals surface area contributed by atoms with Gasteiger partial charge in [0.25, 0.3) is 0 Å². The van der Waals surface area contributed by atoms with E-state index >= 15 is 0 Å². The van der Waals surface area contributed by atoms with Crippen LogP contribution in [0.3, 0.4) is 0 Å². The van der Waals surface area contributed by atoms with Crippen molar-refractivity contribution in [3.8, 4) is 5.75 Å². The van der Waals surface area contributed by atoms with Crippen LogP contribution in [-0.4, -0.2) is 29.1 Å². The van der Waals surface area contributed by atoms with E-state index in [1.807, 2.05) is 25.1 Å². The van der Waals surface area contributed by atoms with Crippen molar-refractivity contribution in [2.45, 2.75) is 79.3 Å². The Morgan fingerprint density at radius 2 is 2.03 bits per heavy atom. The zero-order chi connectivity index (χ0) is 20.8. The van der Waals surface area contributed by atoms with Crippen molar-refractivity contribution < 1.29 is 4.74 Å². The van der Waals surface area contributed by atoms with Crippen LogP contribution in [0.5, 0.6) is 5.75 Å². The molecule has 1 saturated heterocycles. The number of aromatic nitrogens is 1. The Labute approximate surface area is 174 Å². The van der Waals surface area contributed by atoms with E-state index in [-0.39, 0.29) is 5.43 Å². The third kappa shape index (κ3) is 4.09. The molecule has 1 aliphatic heterocycles. The maximum Gasteiger partial charge on any atom is 0.194 e. The fraction of sp³-hybridized carbons (Fsp3) is 0.640. The van der Waals surface area contributed by atoms with Gasteiger partial charge in [-0.15, -0.1) is 0 Å². The topological polar surface area (TPSA) is 45.3 Å². The molecule has 2 fully saturated rings. The second-order valence-electron chi connectivity index (χ2n) is 10.6. The van der Waals surface area contributed by atoms with Crippen LogP contribution in [0.15, 0.2) is 23.0 Å². The van der Waals surface area contributed by atoms with Crippen molar-refractivity contribution in [1.29, 1.82) is 0 Å². The van der Waals surface area contributed by atoms with Crippen molar-refractivity contribution in [1.82, 2.24) is 9.88 Å². The lowest BCUT2D eigenvalue weighted by Gasteiger charge is -2.40. The third-order valence-corrected chi connectivity index (χ3v) is 6.94. The van der Waals surface area contributed by atoms with Crippen LogP contribution < -0.4 is 10.2 Å². The number of hydrogen-bond acceptors (Lipinski definition) is 3. The van der Waals surface area contributed by atoms with Gasteiger partial charge in [-0.25, -0.2) is 0 Å².